The van der Waals surface area contributed by atoms with E-state index in [1.807, 2.05) is 0 Å². The van der Waals surface area contributed by atoms with Crippen molar-refractivity contribution in [1.29, 1.82) is 0 Å². The zero-order chi connectivity index (χ0) is 15.2. The summed E-state index contributed by atoms with van der Waals surface area (Å²) in [5.74, 6) is 1.57. The highest BCUT2D eigenvalue weighted by Crippen LogP contribution is 2.32. The summed E-state index contributed by atoms with van der Waals surface area (Å²) < 4.78 is 0. The molecule has 0 unspecified atom stereocenters. The van der Waals surface area contributed by atoms with Crippen LogP contribution in [0.2, 0.25) is 0 Å². The molecule has 1 heterocycles. The lowest BCUT2D eigenvalue weighted by Crippen LogP contribution is -2.26. The van der Waals surface area contributed by atoms with E-state index in [0.29, 0.717) is 12.3 Å². The summed E-state index contributed by atoms with van der Waals surface area (Å²) in [6.45, 7) is 1.79. The Kier molecular flexibility index (Phi) is 5.36. The summed E-state index contributed by atoms with van der Waals surface area (Å²) in [6.07, 6.45) is 9.60. The van der Waals surface area contributed by atoms with Gasteiger partial charge in [0.1, 0.15) is 0 Å². The summed E-state index contributed by atoms with van der Waals surface area (Å²) in [5.41, 5.74) is 2.66. The van der Waals surface area contributed by atoms with Crippen LogP contribution in [0, 0.1) is 5.92 Å². The molecular formula is C19H28N2O. The maximum absolute atomic E-state index is 12.0. The third-order valence-electron chi connectivity index (χ3n) is 5.26. The van der Waals surface area contributed by atoms with E-state index in [0.717, 1.165) is 31.8 Å². The fourth-order valence-corrected chi connectivity index (χ4v) is 3.90. The van der Waals surface area contributed by atoms with E-state index in [2.05, 4.69) is 34.9 Å². The summed E-state index contributed by atoms with van der Waals surface area (Å²) >= 11 is 0. The Hall–Kier alpha value is -1.51. The highest BCUT2D eigenvalue weighted by molar-refractivity contribution is 5.75. The van der Waals surface area contributed by atoms with Gasteiger partial charge in [-0.05, 0) is 30.4 Å². The molecule has 1 aromatic rings. The molecule has 0 aromatic heterocycles. The number of hydrogen-bond donors (Lipinski definition) is 2. The van der Waals surface area contributed by atoms with Crippen LogP contribution in [0.3, 0.4) is 0 Å². The van der Waals surface area contributed by atoms with Gasteiger partial charge in [0.2, 0.25) is 5.91 Å². The van der Waals surface area contributed by atoms with Crippen molar-refractivity contribution in [3.8, 4) is 0 Å². The van der Waals surface area contributed by atoms with E-state index in [1.54, 1.807) is 0 Å². The number of anilines is 1. The maximum atomic E-state index is 12.0. The average molecular weight is 300 g/mol. The predicted molar refractivity (Wildman–Crippen MR) is 91.1 cm³/mol. The number of amides is 1. The lowest BCUT2D eigenvalue weighted by molar-refractivity contribution is -0.121. The maximum Gasteiger partial charge on any atom is 0.220 e. The van der Waals surface area contributed by atoms with Gasteiger partial charge in [-0.3, -0.25) is 4.79 Å². The van der Waals surface area contributed by atoms with Crippen LogP contribution in [0.15, 0.2) is 24.3 Å². The number of benzene rings is 1. The van der Waals surface area contributed by atoms with Crippen molar-refractivity contribution in [2.75, 3.05) is 18.4 Å². The topological polar surface area (TPSA) is 41.1 Å². The Morgan fingerprint density at radius 2 is 1.95 bits per heavy atom. The molecule has 1 aliphatic carbocycles. The minimum absolute atomic E-state index is 0.241. The first-order valence-corrected chi connectivity index (χ1v) is 8.92. The van der Waals surface area contributed by atoms with Gasteiger partial charge in [-0.15, -0.1) is 0 Å². The van der Waals surface area contributed by atoms with Crippen molar-refractivity contribution < 1.29 is 4.79 Å². The van der Waals surface area contributed by atoms with Gasteiger partial charge in [-0.1, -0.05) is 50.3 Å². The van der Waals surface area contributed by atoms with Crippen LogP contribution in [-0.4, -0.2) is 19.0 Å². The molecular weight excluding hydrogens is 272 g/mol. The zero-order valence-electron chi connectivity index (χ0n) is 13.4. The molecule has 0 saturated heterocycles. The SMILES string of the molecule is O=C(CCC1CCCCC1)NCC[C@@H]1CNc2ccccc21. The number of carbonyl (C=O) groups is 1. The Balaban J connectivity index is 1.34. The molecule has 0 radical (unpaired) electrons. The zero-order valence-corrected chi connectivity index (χ0v) is 13.4. The second kappa shape index (κ2) is 7.66. The highest BCUT2D eigenvalue weighted by Gasteiger charge is 2.21. The molecule has 22 heavy (non-hydrogen) atoms. The number of fused-ring (bicyclic) bond motifs is 1. The molecule has 120 valence electrons. The molecule has 2 aliphatic rings. The first kappa shape index (κ1) is 15.4. The van der Waals surface area contributed by atoms with Crippen LogP contribution >= 0.6 is 0 Å². The van der Waals surface area contributed by atoms with Crippen molar-refractivity contribution in [2.24, 2.45) is 5.92 Å². The third-order valence-corrected chi connectivity index (χ3v) is 5.26. The summed E-state index contributed by atoms with van der Waals surface area (Å²) in [4.78, 5) is 12.0. The van der Waals surface area contributed by atoms with Gasteiger partial charge < -0.3 is 10.6 Å². The van der Waals surface area contributed by atoms with Gasteiger partial charge in [-0.25, -0.2) is 0 Å². The highest BCUT2D eigenvalue weighted by atomic mass is 16.1. The van der Waals surface area contributed by atoms with Gasteiger partial charge in [0.05, 0.1) is 0 Å². The molecule has 1 aromatic carbocycles. The van der Waals surface area contributed by atoms with Gasteiger partial charge in [0.25, 0.3) is 0 Å². The molecule has 1 atom stereocenters. The van der Waals surface area contributed by atoms with Gasteiger partial charge in [0, 0.05) is 31.1 Å². The molecule has 1 fully saturated rings. The molecule has 3 nitrogen and oxygen atoms in total. The van der Waals surface area contributed by atoms with Crippen molar-refractivity contribution in [2.45, 2.75) is 57.3 Å². The fourth-order valence-electron chi connectivity index (χ4n) is 3.90. The summed E-state index contributed by atoms with van der Waals surface area (Å²) in [6, 6.07) is 8.51. The van der Waals surface area contributed by atoms with E-state index < -0.39 is 0 Å². The van der Waals surface area contributed by atoms with Crippen LogP contribution in [0.5, 0.6) is 0 Å². The first-order chi connectivity index (χ1) is 10.8. The van der Waals surface area contributed by atoms with Crippen LogP contribution < -0.4 is 10.6 Å². The lowest BCUT2D eigenvalue weighted by Gasteiger charge is -2.21. The van der Waals surface area contributed by atoms with Crippen LogP contribution in [0.1, 0.15) is 62.8 Å². The quantitative estimate of drug-likeness (QED) is 0.831. The standard InChI is InChI=1S/C19H28N2O/c22-19(11-10-15-6-2-1-3-7-15)20-13-12-16-14-21-18-9-5-4-8-17(16)18/h4-5,8-9,15-16,21H,1-3,6-7,10-14H2,(H,20,22)/t16-/m1/s1. The van der Waals surface area contributed by atoms with E-state index in [4.69, 9.17) is 0 Å². The van der Waals surface area contributed by atoms with E-state index >= 15 is 0 Å². The number of nitrogens with one attached hydrogen (secondary N) is 2. The van der Waals surface area contributed by atoms with Gasteiger partial charge in [0.15, 0.2) is 0 Å². The van der Waals surface area contributed by atoms with Crippen molar-refractivity contribution in [3.05, 3.63) is 29.8 Å². The summed E-state index contributed by atoms with van der Waals surface area (Å²) in [7, 11) is 0. The minimum atomic E-state index is 0.241. The second-order valence-corrected chi connectivity index (χ2v) is 6.85. The molecule has 2 N–H and O–H groups in total. The molecule has 3 heteroatoms. The number of para-hydroxylation sites is 1. The number of hydrogen-bond acceptors (Lipinski definition) is 2. The number of carbonyl (C=O) groups excluding carboxylic acids is 1. The molecule has 0 spiro atoms. The smallest absolute Gasteiger partial charge is 0.220 e. The fraction of sp³-hybridized carbons (Fsp3) is 0.632. The van der Waals surface area contributed by atoms with E-state index in [9.17, 15) is 4.79 Å². The Morgan fingerprint density at radius 3 is 2.82 bits per heavy atom. The molecule has 1 saturated carbocycles. The summed E-state index contributed by atoms with van der Waals surface area (Å²) in [5, 5.41) is 6.56. The second-order valence-electron chi connectivity index (χ2n) is 6.85. The van der Waals surface area contributed by atoms with Crippen molar-refractivity contribution in [1.82, 2.24) is 5.32 Å². The predicted octanol–water partition coefficient (Wildman–Crippen LogP) is 4.06. The minimum Gasteiger partial charge on any atom is -0.384 e. The molecule has 3 rings (SSSR count). The Morgan fingerprint density at radius 1 is 1.14 bits per heavy atom. The lowest BCUT2D eigenvalue weighted by atomic mass is 9.86. The van der Waals surface area contributed by atoms with Gasteiger partial charge in [-0.2, -0.15) is 0 Å². The Labute approximate surface area is 133 Å². The van der Waals surface area contributed by atoms with Crippen LogP contribution in [-0.2, 0) is 4.79 Å². The molecule has 1 amide bonds. The van der Waals surface area contributed by atoms with Crippen LogP contribution in [0.4, 0.5) is 5.69 Å². The van der Waals surface area contributed by atoms with Crippen molar-refractivity contribution >= 4 is 11.6 Å². The largest absolute Gasteiger partial charge is 0.384 e. The third kappa shape index (κ3) is 4.02. The van der Waals surface area contributed by atoms with E-state index in [-0.39, 0.29) is 5.91 Å². The average Bonchev–Trinajstić information content (AvgIpc) is 2.97. The Bertz CT molecular complexity index is 494. The first-order valence-electron chi connectivity index (χ1n) is 8.92. The normalized spacial score (nSPS) is 21.2. The molecule has 0 bridgehead atoms. The van der Waals surface area contributed by atoms with Crippen LogP contribution in [0.25, 0.3) is 0 Å². The molecule has 1 aliphatic heterocycles. The van der Waals surface area contributed by atoms with E-state index in [1.165, 1.54) is 43.4 Å². The van der Waals surface area contributed by atoms with Crippen molar-refractivity contribution in [3.63, 3.8) is 0 Å². The van der Waals surface area contributed by atoms with Gasteiger partial charge >= 0.3 is 0 Å². The monoisotopic (exact) mass is 300 g/mol. The number of rotatable bonds is 6.